The number of alkyl halides is 6. The Kier molecular flexibility index (Phi) is 7.46. The van der Waals surface area contributed by atoms with Crippen molar-refractivity contribution >= 4 is 5.91 Å². The van der Waals surface area contributed by atoms with Gasteiger partial charge in [0.1, 0.15) is 0 Å². The summed E-state index contributed by atoms with van der Waals surface area (Å²) in [4.78, 5) is 13.7. The fourth-order valence-electron chi connectivity index (χ4n) is 9.90. The second-order valence-corrected chi connectivity index (χ2v) is 14.2. The molecule has 1 aliphatic heterocycles. The lowest BCUT2D eigenvalue weighted by molar-refractivity contribution is -0.392. The first-order valence-corrected chi connectivity index (χ1v) is 14.9. The van der Waals surface area contributed by atoms with Gasteiger partial charge in [0.2, 0.25) is 5.91 Å². The lowest BCUT2D eigenvalue weighted by Crippen LogP contribution is -2.70. The predicted octanol–water partition coefficient (Wildman–Crippen LogP) is 6.66. The summed E-state index contributed by atoms with van der Waals surface area (Å²) in [6.45, 7) is 5.42. The molecule has 0 aromatic heterocycles. The van der Waals surface area contributed by atoms with Crippen molar-refractivity contribution in [2.75, 3.05) is 13.1 Å². The molecule has 1 amide bonds. The summed E-state index contributed by atoms with van der Waals surface area (Å²) in [5, 5.41) is 19.8. The second kappa shape index (κ2) is 9.88. The van der Waals surface area contributed by atoms with E-state index in [9.17, 15) is 41.4 Å². The van der Waals surface area contributed by atoms with Gasteiger partial charge in [-0.1, -0.05) is 32.4 Å². The zero-order valence-electron chi connectivity index (χ0n) is 23.6. The molecule has 5 rings (SSSR count). The number of aliphatic hydroxyl groups excluding tert-OH is 1. The highest BCUT2D eigenvalue weighted by Gasteiger charge is 2.75. The van der Waals surface area contributed by atoms with E-state index in [4.69, 9.17) is 0 Å². The van der Waals surface area contributed by atoms with Crippen LogP contribution in [-0.2, 0) is 4.79 Å². The Morgan fingerprint density at radius 2 is 1.68 bits per heavy atom. The average molecular weight is 580 g/mol. The third-order valence-corrected chi connectivity index (χ3v) is 12.3. The number of hydrogen-bond donors (Lipinski definition) is 2. The molecule has 4 nitrogen and oxygen atoms in total. The van der Waals surface area contributed by atoms with Crippen LogP contribution in [0.1, 0.15) is 85.0 Å². The monoisotopic (exact) mass is 579 g/mol. The summed E-state index contributed by atoms with van der Waals surface area (Å²) in [6.07, 6.45) is -0.695. The van der Waals surface area contributed by atoms with Gasteiger partial charge in [-0.25, -0.2) is 0 Å². The van der Waals surface area contributed by atoms with E-state index in [1.54, 1.807) is 0 Å². The number of fused-ring (bicyclic) bond motifs is 5. The van der Waals surface area contributed by atoms with E-state index < -0.39 is 42.9 Å². The van der Waals surface area contributed by atoms with Crippen LogP contribution in [0, 0.1) is 46.3 Å². The molecule has 8 atom stereocenters. The SMILES string of the molecule is CC(CCC(=O)N1CC(C(O)(C(F)(F)F)C(F)(F)F)C1)[C@H]1CC[C@H]2[C@@H]3CC=C4C[C@@H](O)CC[C@]4(C)[C@H]3CC[C@]12C. The molecule has 0 aromatic carbocycles. The Balaban J connectivity index is 1.18. The topological polar surface area (TPSA) is 60.8 Å². The minimum absolute atomic E-state index is 0.0835. The quantitative estimate of drug-likeness (QED) is 0.283. The van der Waals surface area contributed by atoms with Crippen molar-refractivity contribution < 1.29 is 41.4 Å². The van der Waals surface area contributed by atoms with Crippen LogP contribution in [0.4, 0.5) is 26.3 Å². The Bertz CT molecular complexity index is 1010. The number of halogens is 6. The highest BCUT2D eigenvalue weighted by Crippen LogP contribution is 2.67. The van der Waals surface area contributed by atoms with Crippen LogP contribution in [0.15, 0.2) is 11.6 Å². The maximum Gasteiger partial charge on any atom is 0.426 e. The Morgan fingerprint density at radius 3 is 2.30 bits per heavy atom. The number of carbonyl (C=O) groups excluding carboxylic acids is 1. The summed E-state index contributed by atoms with van der Waals surface area (Å²) in [5.41, 5.74) is -3.05. The number of nitrogens with zero attached hydrogens (tertiary/aromatic N) is 1. The summed E-state index contributed by atoms with van der Waals surface area (Å²) in [7, 11) is 0. The highest BCUT2D eigenvalue weighted by atomic mass is 19.4. The van der Waals surface area contributed by atoms with Gasteiger partial charge in [0.15, 0.2) is 0 Å². The van der Waals surface area contributed by atoms with Gasteiger partial charge in [-0.3, -0.25) is 4.79 Å². The third-order valence-electron chi connectivity index (χ3n) is 12.3. The number of hydrogen-bond acceptors (Lipinski definition) is 3. The normalized spacial score (nSPS) is 39.5. The smallest absolute Gasteiger partial charge is 0.393 e. The van der Waals surface area contributed by atoms with Gasteiger partial charge in [-0.2, -0.15) is 26.3 Å². The molecule has 0 radical (unpaired) electrons. The van der Waals surface area contributed by atoms with E-state index in [2.05, 4.69) is 26.8 Å². The van der Waals surface area contributed by atoms with Crippen molar-refractivity contribution in [3.05, 3.63) is 11.6 Å². The van der Waals surface area contributed by atoms with Crippen molar-refractivity contribution in [1.82, 2.24) is 4.90 Å². The van der Waals surface area contributed by atoms with E-state index in [1.165, 1.54) is 5.57 Å². The first kappa shape index (κ1) is 30.2. The second-order valence-electron chi connectivity index (χ2n) is 14.2. The fourth-order valence-corrected chi connectivity index (χ4v) is 9.90. The molecular formula is C30H43F6NO3. The number of aliphatic hydroxyl groups is 2. The molecule has 4 fully saturated rings. The molecule has 40 heavy (non-hydrogen) atoms. The maximum atomic E-state index is 13.1. The van der Waals surface area contributed by atoms with Crippen molar-refractivity contribution in [2.24, 2.45) is 46.3 Å². The van der Waals surface area contributed by atoms with E-state index in [0.29, 0.717) is 30.1 Å². The Morgan fingerprint density at radius 1 is 1.02 bits per heavy atom. The van der Waals surface area contributed by atoms with E-state index in [0.717, 1.165) is 56.3 Å². The predicted molar refractivity (Wildman–Crippen MR) is 137 cm³/mol. The van der Waals surface area contributed by atoms with E-state index in [-0.39, 0.29) is 29.3 Å². The number of amides is 1. The Labute approximate surface area is 232 Å². The zero-order valence-corrected chi connectivity index (χ0v) is 23.6. The van der Waals surface area contributed by atoms with Crippen molar-refractivity contribution in [2.45, 2.75) is 109 Å². The summed E-state index contributed by atoms with van der Waals surface area (Å²) in [5.74, 6) is -0.101. The van der Waals surface area contributed by atoms with Crippen LogP contribution < -0.4 is 0 Å². The molecule has 228 valence electrons. The van der Waals surface area contributed by atoms with Gasteiger partial charge in [0.05, 0.1) is 6.10 Å². The maximum absolute atomic E-state index is 13.1. The molecular weight excluding hydrogens is 536 g/mol. The summed E-state index contributed by atoms with van der Waals surface area (Å²) >= 11 is 0. The van der Waals surface area contributed by atoms with Crippen molar-refractivity contribution in [3.63, 3.8) is 0 Å². The Hall–Kier alpha value is -1.29. The van der Waals surface area contributed by atoms with E-state index in [1.807, 2.05) is 0 Å². The van der Waals surface area contributed by atoms with Crippen LogP contribution in [0.2, 0.25) is 0 Å². The average Bonchev–Trinajstić information content (AvgIpc) is 3.18. The lowest BCUT2D eigenvalue weighted by atomic mass is 9.47. The van der Waals surface area contributed by atoms with Crippen LogP contribution >= 0.6 is 0 Å². The molecule has 4 aliphatic carbocycles. The van der Waals surface area contributed by atoms with Crippen LogP contribution in [-0.4, -0.2) is 58.2 Å². The molecule has 0 spiro atoms. The molecule has 0 bridgehead atoms. The number of carbonyl (C=O) groups is 1. The largest absolute Gasteiger partial charge is 0.426 e. The standard InChI is InChI=1S/C30H43F6NO3/c1-17(4-9-25(39)37-15-19(16-37)28(40,29(31,32)33)30(34,35)36)22-7-8-23-21-6-5-18-14-20(38)10-12-26(18,2)24(21)11-13-27(22,23)3/h5,17,19-24,38,40H,4,6-16H2,1-3H3/t17?,20-,21-,22+,23-,24-,26-,27+/m0/s1. The summed E-state index contributed by atoms with van der Waals surface area (Å²) < 4.78 is 78.8. The van der Waals surface area contributed by atoms with Crippen LogP contribution in [0.25, 0.3) is 0 Å². The molecule has 3 saturated carbocycles. The van der Waals surface area contributed by atoms with Crippen molar-refractivity contribution in [3.8, 4) is 0 Å². The van der Waals surface area contributed by atoms with Gasteiger partial charge >= 0.3 is 12.4 Å². The van der Waals surface area contributed by atoms with Crippen LogP contribution in [0.5, 0.6) is 0 Å². The van der Waals surface area contributed by atoms with Gasteiger partial charge in [-0.15, -0.1) is 0 Å². The molecule has 10 heteroatoms. The highest BCUT2D eigenvalue weighted by molar-refractivity contribution is 5.77. The minimum Gasteiger partial charge on any atom is -0.393 e. The first-order chi connectivity index (χ1) is 18.4. The molecule has 5 aliphatic rings. The molecule has 0 aromatic rings. The fraction of sp³-hybridized carbons (Fsp3) is 0.900. The van der Waals surface area contributed by atoms with Crippen LogP contribution in [0.3, 0.4) is 0 Å². The zero-order chi connectivity index (χ0) is 29.5. The molecule has 1 unspecified atom stereocenters. The van der Waals surface area contributed by atoms with Gasteiger partial charge in [0, 0.05) is 25.4 Å². The van der Waals surface area contributed by atoms with Gasteiger partial charge < -0.3 is 15.1 Å². The first-order valence-electron chi connectivity index (χ1n) is 14.9. The molecule has 2 N–H and O–H groups in total. The molecule has 1 saturated heterocycles. The number of likely N-dealkylation sites (tertiary alicyclic amines) is 1. The van der Waals surface area contributed by atoms with Crippen molar-refractivity contribution in [1.29, 1.82) is 0 Å². The third kappa shape index (κ3) is 4.53. The minimum atomic E-state index is -5.86. The lowest BCUT2D eigenvalue weighted by Gasteiger charge is -2.58. The van der Waals surface area contributed by atoms with Gasteiger partial charge in [0.25, 0.3) is 5.60 Å². The van der Waals surface area contributed by atoms with E-state index >= 15 is 0 Å². The number of rotatable bonds is 5. The number of allylic oxidation sites excluding steroid dienone is 1. The summed E-state index contributed by atoms with van der Waals surface area (Å²) in [6, 6.07) is 0. The van der Waals surface area contributed by atoms with Gasteiger partial charge in [-0.05, 0) is 98.2 Å². The molecule has 1 heterocycles.